The van der Waals surface area contributed by atoms with Gasteiger partial charge >= 0.3 is 0 Å². The average molecular weight is 381 g/mol. The van der Waals surface area contributed by atoms with Gasteiger partial charge in [-0.3, -0.25) is 0 Å². The van der Waals surface area contributed by atoms with Crippen molar-refractivity contribution in [2.24, 2.45) is 30.2 Å². The van der Waals surface area contributed by atoms with Crippen LogP contribution >= 0.6 is 0 Å². The summed E-state index contributed by atoms with van der Waals surface area (Å²) < 4.78 is 1.85. The summed E-state index contributed by atoms with van der Waals surface area (Å²) in [6.07, 6.45) is 9.56. The van der Waals surface area contributed by atoms with E-state index in [1.165, 1.54) is 37.7 Å². The van der Waals surface area contributed by atoms with E-state index < -0.39 is 0 Å². The number of aromatic nitrogens is 4. The predicted molar refractivity (Wildman–Crippen MR) is 108 cm³/mol. The van der Waals surface area contributed by atoms with Crippen LogP contribution in [-0.2, 0) is 26.3 Å². The summed E-state index contributed by atoms with van der Waals surface area (Å²) in [6.45, 7) is 4.70. The largest absolute Gasteiger partial charge is 0.508 e. The lowest BCUT2D eigenvalue weighted by atomic mass is 9.54. The van der Waals surface area contributed by atoms with Crippen molar-refractivity contribution in [2.75, 3.05) is 0 Å². The van der Waals surface area contributed by atoms with E-state index in [1.807, 2.05) is 11.7 Å². The highest BCUT2D eigenvalue weighted by atomic mass is 16.3. The second kappa shape index (κ2) is 6.57. The third-order valence-electron chi connectivity index (χ3n) is 8.64. The highest BCUT2D eigenvalue weighted by Gasteiger charge is 2.54. The molecule has 1 aromatic heterocycles. The van der Waals surface area contributed by atoms with Crippen LogP contribution in [0.25, 0.3) is 0 Å². The van der Waals surface area contributed by atoms with Gasteiger partial charge in [0.2, 0.25) is 0 Å². The molecule has 0 aliphatic heterocycles. The van der Waals surface area contributed by atoms with Gasteiger partial charge in [0.1, 0.15) is 5.75 Å². The maximum absolute atomic E-state index is 10.3. The van der Waals surface area contributed by atoms with E-state index in [0.717, 1.165) is 42.5 Å². The highest BCUT2D eigenvalue weighted by molar-refractivity contribution is 5.45. The Kier molecular flexibility index (Phi) is 4.25. The third kappa shape index (κ3) is 2.61. The van der Waals surface area contributed by atoms with Gasteiger partial charge < -0.3 is 5.11 Å². The number of aryl methyl sites for hydroxylation is 3. The van der Waals surface area contributed by atoms with Crippen LogP contribution in [0, 0.1) is 23.2 Å². The molecule has 1 heterocycles. The molecule has 0 radical (unpaired) electrons. The zero-order valence-corrected chi connectivity index (χ0v) is 17.4. The number of fused-ring (bicyclic) bond motifs is 5. The van der Waals surface area contributed by atoms with Gasteiger partial charge in [0.05, 0.1) is 0 Å². The first-order valence-corrected chi connectivity index (χ1v) is 11.1. The molecule has 2 aromatic rings. The van der Waals surface area contributed by atoms with Crippen LogP contribution in [0.2, 0.25) is 0 Å². The average Bonchev–Trinajstić information content (AvgIpc) is 3.24. The van der Waals surface area contributed by atoms with Crippen molar-refractivity contribution >= 4 is 0 Å². The normalized spacial score (nSPS) is 34.0. The Balaban J connectivity index is 1.43. The van der Waals surface area contributed by atoms with Crippen LogP contribution < -0.4 is 0 Å². The topological polar surface area (TPSA) is 63.8 Å². The molecule has 0 bridgehead atoms. The van der Waals surface area contributed by atoms with E-state index >= 15 is 0 Å². The van der Waals surface area contributed by atoms with Crippen molar-refractivity contribution in [3.8, 4) is 5.75 Å². The van der Waals surface area contributed by atoms with Crippen LogP contribution in [0.15, 0.2) is 12.1 Å². The third-order valence-corrected chi connectivity index (χ3v) is 8.64. The molecule has 3 aliphatic rings. The van der Waals surface area contributed by atoms with Gasteiger partial charge in [0.15, 0.2) is 5.82 Å². The Morgan fingerprint density at radius 2 is 2.07 bits per heavy atom. The zero-order valence-electron chi connectivity index (χ0n) is 17.4. The van der Waals surface area contributed by atoms with E-state index in [2.05, 4.69) is 41.5 Å². The number of phenolic OH excluding ortho intramolecular Hbond substituents is 1. The van der Waals surface area contributed by atoms with E-state index in [9.17, 15) is 5.11 Å². The minimum atomic E-state index is 0.412. The van der Waals surface area contributed by atoms with Gasteiger partial charge in [-0.25, -0.2) is 4.68 Å². The fraction of sp³-hybridized carbons (Fsp3) is 0.696. The number of rotatable bonds is 3. The predicted octanol–water partition coefficient (Wildman–Crippen LogP) is 4.19. The summed E-state index contributed by atoms with van der Waals surface area (Å²) in [4.78, 5) is 0. The molecule has 0 amide bonds. The number of hydrogen-bond acceptors (Lipinski definition) is 4. The summed E-state index contributed by atoms with van der Waals surface area (Å²) in [5.74, 6) is 4.51. The SMILES string of the molecule is CCc1cc2c(cc1O)CC[C@@H]1[C@@H]2CC[C@]2(C)[C@@H](Cc3nnnn3C)CC[C@@H]12. The van der Waals surface area contributed by atoms with Gasteiger partial charge in [0.25, 0.3) is 0 Å². The molecule has 5 heteroatoms. The maximum Gasteiger partial charge on any atom is 0.151 e. The molecule has 5 rings (SSSR count). The molecular formula is C23H32N4O. The molecule has 1 N–H and O–H groups in total. The minimum absolute atomic E-state index is 0.412. The summed E-state index contributed by atoms with van der Waals surface area (Å²) in [7, 11) is 1.96. The van der Waals surface area contributed by atoms with Crippen molar-refractivity contribution in [1.29, 1.82) is 0 Å². The lowest BCUT2D eigenvalue weighted by Gasteiger charge is -2.51. The monoisotopic (exact) mass is 380 g/mol. The van der Waals surface area contributed by atoms with Gasteiger partial charge in [-0.2, -0.15) is 0 Å². The van der Waals surface area contributed by atoms with Crippen LogP contribution in [0.3, 0.4) is 0 Å². The molecule has 3 aliphatic carbocycles. The van der Waals surface area contributed by atoms with E-state index in [0.29, 0.717) is 23.0 Å². The van der Waals surface area contributed by atoms with Crippen LogP contribution in [0.4, 0.5) is 0 Å². The summed E-state index contributed by atoms with van der Waals surface area (Å²) in [5.41, 5.74) is 4.48. The van der Waals surface area contributed by atoms with E-state index in [1.54, 1.807) is 5.56 Å². The molecule has 0 unspecified atom stereocenters. The van der Waals surface area contributed by atoms with Gasteiger partial charge in [-0.05, 0) is 107 Å². The lowest BCUT2D eigenvalue weighted by Crippen LogP contribution is -2.42. The summed E-state index contributed by atoms with van der Waals surface area (Å²) in [5, 5.41) is 22.5. The van der Waals surface area contributed by atoms with E-state index in [4.69, 9.17) is 0 Å². The van der Waals surface area contributed by atoms with E-state index in [-0.39, 0.29) is 0 Å². The molecule has 28 heavy (non-hydrogen) atoms. The summed E-state index contributed by atoms with van der Waals surface area (Å²) in [6, 6.07) is 4.40. The molecule has 2 saturated carbocycles. The molecule has 0 spiro atoms. The zero-order chi connectivity index (χ0) is 19.5. The van der Waals surface area contributed by atoms with Crippen LogP contribution in [0.1, 0.15) is 74.4 Å². The molecule has 150 valence electrons. The number of phenols is 1. The first-order chi connectivity index (χ1) is 13.5. The number of nitrogens with zero attached hydrogens (tertiary/aromatic N) is 4. The van der Waals surface area contributed by atoms with Crippen molar-refractivity contribution in [1.82, 2.24) is 20.2 Å². The van der Waals surface area contributed by atoms with Gasteiger partial charge in [0, 0.05) is 13.5 Å². The van der Waals surface area contributed by atoms with Gasteiger partial charge in [-0.15, -0.1) is 5.10 Å². The van der Waals surface area contributed by atoms with Crippen molar-refractivity contribution in [3.63, 3.8) is 0 Å². The first-order valence-electron chi connectivity index (χ1n) is 11.1. The Labute approximate surface area is 167 Å². The molecule has 1 aromatic carbocycles. The fourth-order valence-corrected chi connectivity index (χ4v) is 7.02. The van der Waals surface area contributed by atoms with Crippen molar-refractivity contribution < 1.29 is 5.11 Å². The Hall–Kier alpha value is -1.91. The maximum atomic E-state index is 10.3. The lowest BCUT2D eigenvalue weighted by molar-refractivity contribution is 0.0277. The molecular weight excluding hydrogens is 348 g/mol. The van der Waals surface area contributed by atoms with Crippen molar-refractivity contribution in [2.45, 2.75) is 71.1 Å². The summed E-state index contributed by atoms with van der Waals surface area (Å²) >= 11 is 0. The minimum Gasteiger partial charge on any atom is -0.508 e. The molecule has 2 fully saturated rings. The van der Waals surface area contributed by atoms with Crippen molar-refractivity contribution in [3.05, 3.63) is 34.6 Å². The first kappa shape index (κ1) is 18.1. The second-order valence-corrected chi connectivity index (χ2v) is 9.69. The Morgan fingerprint density at radius 3 is 2.82 bits per heavy atom. The number of aromatic hydroxyl groups is 1. The molecule has 5 nitrogen and oxygen atoms in total. The number of benzene rings is 1. The Morgan fingerprint density at radius 1 is 1.21 bits per heavy atom. The van der Waals surface area contributed by atoms with Crippen LogP contribution in [-0.4, -0.2) is 25.3 Å². The standard InChI is InChI=1S/C23H32N4O/c1-4-14-11-19-15(12-21(14)28)5-7-18-17(19)9-10-23(2)16(6-8-20(18)23)13-22-24-25-26-27(22)3/h11-12,16-18,20,28H,4-10,13H2,1-3H3/t16-,17+,18-,20+,23-/m1/s1. The van der Waals surface area contributed by atoms with Crippen LogP contribution in [0.5, 0.6) is 5.75 Å². The Bertz CT molecular complexity index is 891. The fourth-order valence-electron chi connectivity index (χ4n) is 7.02. The molecule has 5 atom stereocenters. The van der Waals surface area contributed by atoms with Gasteiger partial charge in [-0.1, -0.05) is 19.9 Å². The highest BCUT2D eigenvalue weighted by Crippen LogP contribution is 2.63. The quantitative estimate of drug-likeness (QED) is 0.867. The second-order valence-electron chi connectivity index (χ2n) is 9.69. The number of tetrazole rings is 1. The molecule has 0 saturated heterocycles. The smallest absolute Gasteiger partial charge is 0.151 e. The number of hydrogen-bond donors (Lipinski definition) is 1.